The molecule has 2 aromatic heterocycles. The van der Waals surface area contributed by atoms with Gasteiger partial charge in [-0.15, -0.1) is 0 Å². The Hall–Kier alpha value is -2.94. The minimum Gasteiger partial charge on any atom is -0.450 e. The molecule has 0 N–H and O–H groups in total. The van der Waals surface area contributed by atoms with Crippen LogP contribution in [0.25, 0.3) is 11.1 Å². The van der Waals surface area contributed by atoms with Crippen LogP contribution < -0.4 is 10.5 Å². The molecule has 1 spiro atoms. The zero-order valence-electron chi connectivity index (χ0n) is 19.9. The number of likely N-dealkylation sites (tertiary alicyclic amines) is 1. The normalized spacial score (nSPS) is 22.1. The van der Waals surface area contributed by atoms with Crippen molar-refractivity contribution < 1.29 is 13.9 Å². The van der Waals surface area contributed by atoms with E-state index in [1.807, 2.05) is 11.8 Å². The molecule has 8 nitrogen and oxygen atoms in total. The summed E-state index contributed by atoms with van der Waals surface area (Å²) in [5.74, 6) is 0.367. The number of rotatable bonds is 4. The molecule has 2 saturated heterocycles. The van der Waals surface area contributed by atoms with Crippen LogP contribution in [0, 0.1) is 11.2 Å². The Morgan fingerprint density at radius 1 is 1.24 bits per heavy atom. The molecular weight excluding hydrogens is 437 g/mol. The molecule has 4 heterocycles. The van der Waals surface area contributed by atoms with Gasteiger partial charge in [-0.25, -0.2) is 14.2 Å². The molecule has 2 aromatic rings. The second-order valence-corrected chi connectivity index (χ2v) is 9.87. The number of pyridine rings is 2. The van der Waals surface area contributed by atoms with Gasteiger partial charge in [-0.3, -0.25) is 9.69 Å². The van der Waals surface area contributed by atoms with Gasteiger partial charge in [0, 0.05) is 81.2 Å². The SMILES string of the molecule is CCOC(=O)N1CC2(CC[C@@H](N3CCN(c4ncc(F)cc4-c4ccc(=O)n(C)c4)CC3)C2)C1. The third-order valence-electron chi connectivity index (χ3n) is 7.62. The third kappa shape index (κ3) is 4.29. The summed E-state index contributed by atoms with van der Waals surface area (Å²) in [5.41, 5.74) is 1.64. The molecule has 0 aromatic carbocycles. The fourth-order valence-corrected chi connectivity index (χ4v) is 5.83. The van der Waals surface area contributed by atoms with Crippen molar-refractivity contribution in [3.8, 4) is 11.1 Å². The molecule has 5 rings (SSSR count). The van der Waals surface area contributed by atoms with Crippen LogP contribution in [-0.2, 0) is 11.8 Å². The number of aryl methyl sites for hydroxylation is 1. The third-order valence-corrected chi connectivity index (χ3v) is 7.62. The van der Waals surface area contributed by atoms with E-state index in [1.165, 1.54) is 22.9 Å². The van der Waals surface area contributed by atoms with Crippen molar-refractivity contribution in [1.29, 1.82) is 0 Å². The highest BCUT2D eigenvalue weighted by atomic mass is 19.1. The lowest BCUT2D eigenvalue weighted by molar-refractivity contribution is -0.00294. The van der Waals surface area contributed by atoms with Gasteiger partial charge >= 0.3 is 6.09 Å². The van der Waals surface area contributed by atoms with Gasteiger partial charge in [-0.2, -0.15) is 0 Å². The second kappa shape index (κ2) is 9.02. The number of carbonyl (C=O) groups is 1. The van der Waals surface area contributed by atoms with Crippen LogP contribution in [0.1, 0.15) is 26.2 Å². The van der Waals surface area contributed by atoms with Crippen LogP contribution in [0.3, 0.4) is 0 Å². The van der Waals surface area contributed by atoms with Crippen molar-refractivity contribution in [2.45, 2.75) is 32.2 Å². The summed E-state index contributed by atoms with van der Waals surface area (Å²) >= 11 is 0. The largest absolute Gasteiger partial charge is 0.450 e. The Labute approximate surface area is 198 Å². The van der Waals surface area contributed by atoms with E-state index in [0.717, 1.165) is 69.9 Å². The Morgan fingerprint density at radius 2 is 2.00 bits per heavy atom. The summed E-state index contributed by atoms with van der Waals surface area (Å²) in [6.45, 7) is 7.36. The highest BCUT2D eigenvalue weighted by Crippen LogP contribution is 2.47. The number of ether oxygens (including phenoxy) is 1. The standard InChI is InChI=1S/C25H32FN5O3/c1-3-34-24(33)31-16-25(17-31)7-6-20(13-25)29-8-10-30(11-9-29)23-21(12-19(26)14-27-23)18-4-5-22(32)28(2)15-18/h4-5,12,14-15,20H,3,6-11,13,16-17H2,1-2H3/t20-/m1/s1. The number of halogens is 1. The van der Waals surface area contributed by atoms with Crippen molar-refractivity contribution in [2.24, 2.45) is 12.5 Å². The molecule has 2 aliphatic heterocycles. The molecule has 0 radical (unpaired) electrons. The van der Waals surface area contributed by atoms with Crippen LogP contribution in [-0.4, -0.2) is 77.4 Å². The number of nitrogens with zero attached hydrogens (tertiary/aromatic N) is 5. The first-order valence-electron chi connectivity index (χ1n) is 12.1. The molecular formula is C25H32FN5O3. The number of hydrogen-bond acceptors (Lipinski definition) is 6. The number of carbonyl (C=O) groups excluding carboxylic acids is 1. The summed E-state index contributed by atoms with van der Waals surface area (Å²) in [7, 11) is 1.69. The smallest absolute Gasteiger partial charge is 0.409 e. The molecule has 1 atom stereocenters. The van der Waals surface area contributed by atoms with Crippen LogP contribution in [0.2, 0.25) is 0 Å². The van der Waals surface area contributed by atoms with Crippen molar-refractivity contribution in [2.75, 3.05) is 50.8 Å². The Morgan fingerprint density at radius 3 is 2.71 bits per heavy atom. The van der Waals surface area contributed by atoms with Gasteiger partial charge in [0.2, 0.25) is 5.56 Å². The molecule has 3 fully saturated rings. The van der Waals surface area contributed by atoms with E-state index in [2.05, 4.69) is 14.8 Å². The number of piperazine rings is 1. The van der Waals surface area contributed by atoms with E-state index in [4.69, 9.17) is 4.74 Å². The van der Waals surface area contributed by atoms with Gasteiger partial charge in [-0.1, -0.05) is 0 Å². The molecule has 0 bridgehead atoms. The minimum atomic E-state index is -0.389. The average Bonchev–Trinajstić information content (AvgIpc) is 3.26. The lowest BCUT2D eigenvalue weighted by Gasteiger charge is -2.48. The van der Waals surface area contributed by atoms with Gasteiger partial charge in [0.15, 0.2) is 0 Å². The summed E-state index contributed by atoms with van der Waals surface area (Å²) in [6.07, 6.45) is 6.25. The van der Waals surface area contributed by atoms with E-state index in [0.29, 0.717) is 18.2 Å². The van der Waals surface area contributed by atoms with Gasteiger partial charge in [0.25, 0.3) is 0 Å². The van der Waals surface area contributed by atoms with Crippen LogP contribution >= 0.6 is 0 Å². The molecule has 1 amide bonds. The van der Waals surface area contributed by atoms with E-state index < -0.39 is 0 Å². The molecule has 0 unspecified atom stereocenters. The van der Waals surface area contributed by atoms with Gasteiger partial charge in [-0.05, 0) is 38.3 Å². The first-order chi connectivity index (χ1) is 16.4. The topological polar surface area (TPSA) is 70.9 Å². The molecule has 34 heavy (non-hydrogen) atoms. The summed E-state index contributed by atoms with van der Waals surface area (Å²) in [5, 5.41) is 0. The fourth-order valence-electron chi connectivity index (χ4n) is 5.83. The van der Waals surface area contributed by atoms with E-state index in [9.17, 15) is 14.0 Å². The van der Waals surface area contributed by atoms with Gasteiger partial charge < -0.3 is 19.1 Å². The molecule has 1 saturated carbocycles. The van der Waals surface area contributed by atoms with Gasteiger partial charge in [0.05, 0.1) is 12.8 Å². The fraction of sp³-hybridized carbons (Fsp3) is 0.560. The average molecular weight is 470 g/mol. The highest BCUT2D eigenvalue weighted by Gasteiger charge is 2.51. The number of amides is 1. The molecule has 182 valence electrons. The molecule has 3 aliphatic rings. The van der Waals surface area contributed by atoms with E-state index in [1.54, 1.807) is 19.3 Å². The maximum absolute atomic E-state index is 14.1. The number of hydrogen-bond donors (Lipinski definition) is 0. The zero-order valence-corrected chi connectivity index (χ0v) is 19.9. The number of anilines is 1. The lowest BCUT2D eigenvalue weighted by Crippen LogP contribution is -2.58. The summed E-state index contributed by atoms with van der Waals surface area (Å²) < 4.78 is 20.7. The minimum absolute atomic E-state index is 0.102. The highest BCUT2D eigenvalue weighted by molar-refractivity contribution is 5.75. The second-order valence-electron chi connectivity index (χ2n) is 9.87. The maximum Gasteiger partial charge on any atom is 0.409 e. The monoisotopic (exact) mass is 469 g/mol. The van der Waals surface area contributed by atoms with E-state index in [-0.39, 0.29) is 22.9 Å². The zero-order chi connectivity index (χ0) is 23.9. The lowest BCUT2D eigenvalue weighted by atomic mass is 9.78. The first kappa shape index (κ1) is 22.8. The first-order valence-corrected chi connectivity index (χ1v) is 12.1. The van der Waals surface area contributed by atoms with Crippen LogP contribution in [0.4, 0.5) is 15.0 Å². The Kier molecular flexibility index (Phi) is 6.06. The molecule has 1 aliphatic carbocycles. The summed E-state index contributed by atoms with van der Waals surface area (Å²) in [6, 6.07) is 5.27. The van der Waals surface area contributed by atoms with Crippen molar-refractivity contribution >= 4 is 11.9 Å². The van der Waals surface area contributed by atoms with Gasteiger partial charge in [0.1, 0.15) is 11.6 Å². The quantitative estimate of drug-likeness (QED) is 0.686. The van der Waals surface area contributed by atoms with E-state index >= 15 is 0 Å². The molecule has 9 heteroatoms. The Bertz CT molecular complexity index is 1120. The predicted octanol–water partition coefficient (Wildman–Crippen LogP) is 2.72. The maximum atomic E-state index is 14.1. The summed E-state index contributed by atoms with van der Waals surface area (Å²) in [4.78, 5) is 34.8. The van der Waals surface area contributed by atoms with Crippen LogP contribution in [0.5, 0.6) is 0 Å². The predicted molar refractivity (Wildman–Crippen MR) is 127 cm³/mol. The van der Waals surface area contributed by atoms with Crippen molar-refractivity contribution in [3.05, 3.63) is 46.8 Å². The van der Waals surface area contributed by atoms with Crippen molar-refractivity contribution in [1.82, 2.24) is 19.4 Å². The van der Waals surface area contributed by atoms with Crippen LogP contribution in [0.15, 0.2) is 35.4 Å². The number of aromatic nitrogens is 2. The Balaban J connectivity index is 1.22. The van der Waals surface area contributed by atoms with Crippen molar-refractivity contribution in [3.63, 3.8) is 0 Å².